The molecule has 160 valence electrons. The lowest BCUT2D eigenvalue weighted by molar-refractivity contribution is -0.131. The average molecular weight is 426 g/mol. The van der Waals surface area contributed by atoms with Gasteiger partial charge < -0.3 is 9.84 Å². The molecule has 0 aliphatic rings. The first-order chi connectivity index (χ1) is 15.5. The Morgan fingerprint density at radius 2 is 1.88 bits per heavy atom. The van der Waals surface area contributed by atoms with Gasteiger partial charge in [0.1, 0.15) is 5.75 Å². The Bertz CT molecular complexity index is 1290. The fourth-order valence-electron chi connectivity index (χ4n) is 3.60. The minimum atomic E-state index is -1.02. The number of pyridine rings is 1. The van der Waals surface area contributed by atoms with E-state index in [0.717, 1.165) is 33.9 Å². The van der Waals surface area contributed by atoms with Crippen molar-refractivity contribution in [2.75, 3.05) is 6.61 Å². The quantitative estimate of drug-likeness (QED) is 0.431. The molecule has 0 unspecified atom stereocenters. The number of aromatic nitrogens is 2. The van der Waals surface area contributed by atoms with E-state index < -0.39 is 5.97 Å². The minimum absolute atomic E-state index is 0.156. The maximum atomic E-state index is 13.2. The second kappa shape index (κ2) is 9.31. The van der Waals surface area contributed by atoms with Crippen molar-refractivity contribution >= 4 is 28.9 Å². The first kappa shape index (κ1) is 21.1. The zero-order valence-corrected chi connectivity index (χ0v) is 17.6. The van der Waals surface area contributed by atoms with Gasteiger partial charge in [0.05, 0.1) is 12.1 Å². The highest BCUT2D eigenvalue weighted by Crippen LogP contribution is 2.26. The molecule has 1 N–H and O–H groups in total. The van der Waals surface area contributed by atoms with Crippen LogP contribution in [0.15, 0.2) is 79.0 Å². The van der Waals surface area contributed by atoms with Crippen LogP contribution in [0.3, 0.4) is 0 Å². The highest BCUT2D eigenvalue weighted by Gasteiger charge is 2.16. The molecule has 32 heavy (non-hydrogen) atoms. The van der Waals surface area contributed by atoms with Crippen LogP contribution in [-0.4, -0.2) is 33.1 Å². The number of hydrogen-bond donors (Lipinski definition) is 1. The van der Waals surface area contributed by atoms with Crippen LogP contribution < -0.4 is 4.74 Å². The van der Waals surface area contributed by atoms with Crippen molar-refractivity contribution in [2.24, 2.45) is 0 Å². The summed E-state index contributed by atoms with van der Waals surface area (Å²) in [6.07, 6.45) is 5.09. The van der Waals surface area contributed by atoms with Crippen LogP contribution in [0.1, 0.15) is 27.3 Å². The Labute approximate surface area is 185 Å². The number of carbonyl (C=O) groups is 2. The van der Waals surface area contributed by atoms with Gasteiger partial charge in [-0.25, -0.2) is 4.79 Å². The largest absolute Gasteiger partial charge is 0.493 e. The number of nitrogens with zero attached hydrogens (tertiary/aromatic N) is 2. The normalized spacial score (nSPS) is 11.2. The SMILES string of the molecule is Cc1cc2c(/C=C/C(=O)O)cccc2n1C(=O)c1ccc(OCCc2ccccn2)cc1. The zero-order valence-electron chi connectivity index (χ0n) is 17.6. The van der Waals surface area contributed by atoms with Gasteiger partial charge in [-0.3, -0.25) is 14.3 Å². The van der Waals surface area contributed by atoms with E-state index >= 15 is 0 Å². The molecule has 0 atom stereocenters. The van der Waals surface area contributed by atoms with E-state index in [4.69, 9.17) is 9.84 Å². The van der Waals surface area contributed by atoms with Crippen molar-refractivity contribution in [3.8, 4) is 5.75 Å². The molecule has 0 saturated heterocycles. The minimum Gasteiger partial charge on any atom is -0.493 e. The van der Waals surface area contributed by atoms with E-state index in [1.807, 2.05) is 49.4 Å². The van der Waals surface area contributed by atoms with Crippen LogP contribution in [-0.2, 0) is 11.2 Å². The Morgan fingerprint density at radius 3 is 2.59 bits per heavy atom. The van der Waals surface area contributed by atoms with Crippen molar-refractivity contribution in [1.82, 2.24) is 9.55 Å². The van der Waals surface area contributed by atoms with Gasteiger partial charge in [-0.2, -0.15) is 0 Å². The Hall–Kier alpha value is -4.19. The summed E-state index contributed by atoms with van der Waals surface area (Å²) in [6, 6.07) is 20.2. The molecule has 2 heterocycles. The molecule has 0 radical (unpaired) electrons. The first-order valence-electron chi connectivity index (χ1n) is 10.2. The Morgan fingerprint density at radius 1 is 1.06 bits per heavy atom. The summed E-state index contributed by atoms with van der Waals surface area (Å²) in [7, 11) is 0. The fourth-order valence-corrected chi connectivity index (χ4v) is 3.60. The number of hydrogen-bond acceptors (Lipinski definition) is 4. The smallest absolute Gasteiger partial charge is 0.328 e. The maximum absolute atomic E-state index is 13.2. The van der Waals surface area contributed by atoms with E-state index in [-0.39, 0.29) is 5.91 Å². The summed E-state index contributed by atoms with van der Waals surface area (Å²) in [4.78, 5) is 28.4. The molecule has 0 aliphatic heterocycles. The summed E-state index contributed by atoms with van der Waals surface area (Å²) in [5, 5.41) is 9.74. The van der Waals surface area contributed by atoms with Crippen LogP contribution in [0.25, 0.3) is 17.0 Å². The monoisotopic (exact) mass is 426 g/mol. The second-order valence-electron chi connectivity index (χ2n) is 7.32. The lowest BCUT2D eigenvalue weighted by Gasteiger charge is -2.09. The van der Waals surface area contributed by atoms with E-state index in [1.54, 1.807) is 35.0 Å². The number of carbonyl (C=O) groups excluding carboxylic acids is 1. The number of fused-ring (bicyclic) bond motifs is 1. The molecule has 2 aromatic carbocycles. The molecule has 2 aromatic heterocycles. The Kier molecular flexibility index (Phi) is 6.12. The lowest BCUT2D eigenvalue weighted by atomic mass is 10.1. The van der Waals surface area contributed by atoms with E-state index in [0.29, 0.717) is 24.3 Å². The molecular formula is C26H22N2O4. The maximum Gasteiger partial charge on any atom is 0.328 e. The number of rotatable bonds is 7. The van der Waals surface area contributed by atoms with Gasteiger partial charge in [0.15, 0.2) is 0 Å². The van der Waals surface area contributed by atoms with Gasteiger partial charge in [-0.05, 0) is 67.1 Å². The molecule has 0 fully saturated rings. The molecule has 0 amide bonds. The highest BCUT2D eigenvalue weighted by molar-refractivity contribution is 6.05. The standard InChI is InChI=1S/C26H22N2O4/c1-18-17-23-19(10-13-25(29)30)5-4-7-24(23)28(18)26(31)20-8-11-22(12-9-20)32-16-14-21-6-2-3-15-27-21/h2-13,15,17H,14,16H2,1H3,(H,29,30)/b13-10+. The van der Waals surface area contributed by atoms with Crippen LogP contribution in [0, 0.1) is 6.92 Å². The zero-order chi connectivity index (χ0) is 22.5. The third-order valence-corrected chi connectivity index (χ3v) is 5.13. The number of aryl methyl sites for hydroxylation is 1. The Balaban J connectivity index is 1.52. The van der Waals surface area contributed by atoms with Crippen LogP contribution in [0.5, 0.6) is 5.75 Å². The number of benzene rings is 2. The van der Waals surface area contributed by atoms with Gasteiger partial charge in [0.25, 0.3) is 5.91 Å². The molecular weight excluding hydrogens is 404 g/mol. The van der Waals surface area contributed by atoms with Crippen LogP contribution in [0.2, 0.25) is 0 Å². The predicted molar refractivity (Wildman–Crippen MR) is 123 cm³/mol. The lowest BCUT2D eigenvalue weighted by Crippen LogP contribution is -2.13. The summed E-state index contributed by atoms with van der Waals surface area (Å²) < 4.78 is 7.42. The molecule has 6 nitrogen and oxygen atoms in total. The van der Waals surface area contributed by atoms with Crippen LogP contribution >= 0.6 is 0 Å². The average Bonchev–Trinajstić information content (AvgIpc) is 3.14. The van der Waals surface area contributed by atoms with Gasteiger partial charge >= 0.3 is 5.97 Å². The summed E-state index contributed by atoms with van der Waals surface area (Å²) in [5.41, 5.74) is 3.75. The number of carboxylic acids is 1. The number of carboxylic acid groups (broad SMARTS) is 1. The van der Waals surface area contributed by atoms with Crippen molar-refractivity contribution in [3.63, 3.8) is 0 Å². The molecule has 4 rings (SSSR count). The van der Waals surface area contributed by atoms with Crippen LogP contribution in [0.4, 0.5) is 0 Å². The van der Waals surface area contributed by atoms with Gasteiger partial charge in [-0.15, -0.1) is 0 Å². The topological polar surface area (TPSA) is 81.4 Å². The fraction of sp³-hybridized carbons (Fsp3) is 0.115. The predicted octanol–water partition coefficient (Wildman–Crippen LogP) is 4.75. The molecule has 0 saturated carbocycles. The van der Waals surface area contributed by atoms with Crippen molar-refractivity contribution < 1.29 is 19.4 Å². The third kappa shape index (κ3) is 4.59. The molecule has 6 heteroatoms. The molecule has 0 aliphatic carbocycles. The number of aliphatic carboxylic acids is 1. The summed E-state index contributed by atoms with van der Waals surface area (Å²) in [5.74, 6) is -0.485. The molecule has 0 spiro atoms. The van der Waals surface area contributed by atoms with Gasteiger partial charge in [0, 0.05) is 41.0 Å². The van der Waals surface area contributed by atoms with E-state index in [9.17, 15) is 9.59 Å². The van der Waals surface area contributed by atoms with Gasteiger partial charge in [-0.1, -0.05) is 18.2 Å². The van der Waals surface area contributed by atoms with E-state index in [2.05, 4.69) is 4.98 Å². The second-order valence-corrected chi connectivity index (χ2v) is 7.32. The highest BCUT2D eigenvalue weighted by atomic mass is 16.5. The third-order valence-electron chi connectivity index (χ3n) is 5.13. The van der Waals surface area contributed by atoms with Gasteiger partial charge in [0.2, 0.25) is 0 Å². The molecule has 0 bridgehead atoms. The van der Waals surface area contributed by atoms with E-state index in [1.165, 1.54) is 6.08 Å². The summed E-state index contributed by atoms with van der Waals surface area (Å²) in [6.45, 7) is 2.36. The van der Waals surface area contributed by atoms with Crippen molar-refractivity contribution in [1.29, 1.82) is 0 Å². The molecule has 4 aromatic rings. The summed E-state index contributed by atoms with van der Waals surface area (Å²) >= 11 is 0. The number of ether oxygens (including phenoxy) is 1. The van der Waals surface area contributed by atoms with Crippen molar-refractivity contribution in [2.45, 2.75) is 13.3 Å². The van der Waals surface area contributed by atoms with Crippen molar-refractivity contribution in [3.05, 3.63) is 102 Å². The first-order valence-corrected chi connectivity index (χ1v) is 10.2.